The molecule has 0 bridgehead atoms. The first-order valence-electron chi connectivity index (χ1n) is 7.44. The van der Waals surface area contributed by atoms with E-state index in [4.69, 9.17) is 9.84 Å². The Bertz CT molecular complexity index is 736. The topological polar surface area (TPSA) is 42.4 Å². The summed E-state index contributed by atoms with van der Waals surface area (Å²) in [5.74, 6) is 7.18. The molecule has 3 nitrogen and oxygen atoms in total. The predicted molar refractivity (Wildman–Crippen MR) is 85.7 cm³/mol. The molecule has 3 rings (SSSR count). The average molecular weight is 293 g/mol. The van der Waals surface area contributed by atoms with E-state index in [9.17, 15) is 0 Å². The van der Waals surface area contributed by atoms with Crippen LogP contribution in [0.1, 0.15) is 42.7 Å². The van der Waals surface area contributed by atoms with E-state index in [2.05, 4.69) is 36.7 Å². The molecule has 2 aromatic rings. The molecule has 1 aromatic heterocycles. The second-order valence-corrected chi connectivity index (χ2v) is 6.15. The summed E-state index contributed by atoms with van der Waals surface area (Å²) >= 11 is 0. The first-order chi connectivity index (χ1) is 10.6. The molecule has 22 heavy (non-hydrogen) atoms. The van der Waals surface area contributed by atoms with Gasteiger partial charge in [-0.2, -0.15) is 0 Å². The monoisotopic (exact) mass is 293 g/mol. The molecule has 0 saturated carbocycles. The van der Waals surface area contributed by atoms with E-state index < -0.39 is 0 Å². The maximum Gasteiger partial charge on any atom is 0.123 e. The fraction of sp³-hybridized carbons (Fsp3) is 0.316. The number of nitrogens with zero attached hydrogens (tertiary/aromatic N) is 1. The zero-order chi connectivity index (χ0) is 15.6. The Kier molecular flexibility index (Phi) is 3.87. The van der Waals surface area contributed by atoms with Crippen molar-refractivity contribution < 1.29 is 9.84 Å². The standard InChI is InChI=1S/C19H19NO2/c1-19(2)9-10-22-18-8-5-14(11-17(18)19)3-6-16-7-4-15(13-21)12-20-16/h4-5,7-8,11-12,21H,9-10,13H2,1-2H3. The van der Waals surface area contributed by atoms with E-state index in [0.717, 1.165) is 29.9 Å². The SMILES string of the molecule is CC1(C)CCOc2ccc(C#Cc3ccc(CO)cn3)cc21. The van der Waals surface area contributed by atoms with Gasteiger partial charge in [-0.15, -0.1) is 0 Å². The lowest BCUT2D eigenvalue weighted by Crippen LogP contribution is -2.26. The van der Waals surface area contributed by atoms with Crippen LogP contribution >= 0.6 is 0 Å². The third-order valence-corrected chi connectivity index (χ3v) is 4.04. The lowest BCUT2D eigenvalue weighted by atomic mass is 9.79. The minimum Gasteiger partial charge on any atom is -0.493 e. The quantitative estimate of drug-likeness (QED) is 0.822. The van der Waals surface area contributed by atoms with Crippen LogP contribution in [-0.2, 0) is 12.0 Å². The molecule has 0 saturated heterocycles. The van der Waals surface area contributed by atoms with Gasteiger partial charge in [0.15, 0.2) is 0 Å². The molecular formula is C19H19NO2. The Morgan fingerprint density at radius 1 is 1.23 bits per heavy atom. The van der Waals surface area contributed by atoms with E-state index in [1.54, 1.807) is 6.20 Å². The van der Waals surface area contributed by atoms with Crippen LogP contribution in [0.25, 0.3) is 0 Å². The number of rotatable bonds is 1. The Balaban J connectivity index is 1.89. The van der Waals surface area contributed by atoms with E-state index in [-0.39, 0.29) is 12.0 Å². The number of aliphatic hydroxyl groups is 1. The Morgan fingerprint density at radius 2 is 2.09 bits per heavy atom. The molecule has 0 spiro atoms. The van der Waals surface area contributed by atoms with E-state index in [0.29, 0.717) is 5.69 Å². The van der Waals surface area contributed by atoms with Gasteiger partial charge in [0, 0.05) is 17.3 Å². The molecule has 0 fully saturated rings. The first-order valence-corrected chi connectivity index (χ1v) is 7.44. The lowest BCUT2D eigenvalue weighted by molar-refractivity contribution is 0.234. The van der Waals surface area contributed by atoms with E-state index >= 15 is 0 Å². The smallest absolute Gasteiger partial charge is 0.123 e. The molecule has 3 heteroatoms. The molecular weight excluding hydrogens is 274 g/mol. The Morgan fingerprint density at radius 3 is 2.82 bits per heavy atom. The van der Waals surface area contributed by atoms with Crippen LogP contribution in [0.2, 0.25) is 0 Å². The van der Waals surface area contributed by atoms with E-state index in [1.807, 2.05) is 24.3 Å². The van der Waals surface area contributed by atoms with Crippen molar-refractivity contribution in [2.75, 3.05) is 6.61 Å². The van der Waals surface area contributed by atoms with Crippen LogP contribution in [0.4, 0.5) is 0 Å². The fourth-order valence-corrected chi connectivity index (χ4v) is 2.54. The summed E-state index contributed by atoms with van der Waals surface area (Å²) in [7, 11) is 0. The lowest BCUT2D eigenvalue weighted by Gasteiger charge is -2.32. The third-order valence-electron chi connectivity index (χ3n) is 4.04. The second kappa shape index (κ2) is 5.82. The molecule has 2 heterocycles. The number of hydrogen-bond acceptors (Lipinski definition) is 3. The molecule has 0 aliphatic carbocycles. The molecule has 0 unspecified atom stereocenters. The number of aliphatic hydroxyl groups excluding tert-OH is 1. The number of hydrogen-bond donors (Lipinski definition) is 1. The minimum atomic E-state index is 0.000608. The Labute approximate surface area is 131 Å². The van der Waals surface area contributed by atoms with Gasteiger partial charge in [-0.1, -0.05) is 25.8 Å². The summed E-state index contributed by atoms with van der Waals surface area (Å²) in [6.45, 7) is 5.24. The highest BCUT2D eigenvalue weighted by Gasteiger charge is 2.28. The van der Waals surface area contributed by atoms with Gasteiger partial charge in [0.2, 0.25) is 0 Å². The first kappa shape index (κ1) is 14.6. The summed E-state index contributed by atoms with van der Waals surface area (Å²) < 4.78 is 5.72. The van der Waals surface area contributed by atoms with Gasteiger partial charge < -0.3 is 9.84 Å². The largest absolute Gasteiger partial charge is 0.493 e. The van der Waals surface area contributed by atoms with Crippen molar-refractivity contribution in [3.63, 3.8) is 0 Å². The van der Waals surface area contributed by atoms with Gasteiger partial charge >= 0.3 is 0 Å². The van der Waals surface area contributed by atoms with Crippen LogP contribution in [0.15, 0.2) is 36.5 Å². The summed E-state index contributed by atoms with van der Waals surface area (Å²) in [5.41, 5.74) is 3.79. The third kappa shape index (κ3) is 2.98. The maximum absolute atomic E-state index is 9.01. The zero-order valence-corrected chi connectivity index (χ0v) is 12.9. The summed E-state index contributed by atoms with van der Waals surface area (Å²) in [4.78, 5) is 4.22. The molecule has 112 valence electrons. The zero-order valence-electron chi connectivity index (χ0n) is 12.9. The van der Waals surface area contributed by atoms with Crippen LogP contribution in [-0.4, -0.2) is 16.7 Å². The summed E-state index contributed by atoms with van der Waals surface area (Å²) in [6, 6.07) is 9.76. The van der Waals surface area contributed by atoms with Gasteiger partial charge in [0.05, 0.1) is 13.2 Å². The van der Waals surface area contributed by atoms with Crippen molar-refractivity contribution in [3.8, 4) is 17.6 Å². The molecule has 1 aromatic carbocycles. The van der Waals surface area contributed by atoms with Crippen molar-refractivity contribution >= 4 is 0 Å². The number of fused-ring (bicyclic) bond motifs is 1. The normalized spacial score (nSPS) is 15.2. The van der Waals surface area contributed by atoms with Crippen molar-refractivity contribution in [2.45, 2.75) is 32.3 Å². The van der Waals surface area contributed by atoms with Crippen molar-refractivity contribution in [3.05, 3.63) is 58.9 Å². The van der Waals surface area contributed by atoms with Gasteiger partial charge in [-0.05, 0) is 47.6 Å². The minimum absolute atomic E-state index is 0.000608. The highest BCUT2D eigenvalue weighted by Crippen LogP contribution is 2.38. The second-order valence-electron chi connectivity index (χ2n) is 6.15. The number of ether oxygens (including phenoxy) is 1. The maximum atomic E-state index is 9.01. The Hall–Kier alpha value is -2.31. The molecule has 0 amide bonds. The van der Waals surface area contributed by atoms with Crippen LogP contribution in [0, 0.1) is 11.8 Å². The van der Waals surface area contributed by atoms with Crippen LogP contribution in [0.3, 0.4) is 0 Å². The van der Waals surface area contributed by atoms with Crippen molar-refractivity contribution in [1.29, 1.82) is 0 Å². The number of benzene rings is 1. The van der Waals surface area contributed by atoms with Gasteiger partial charge in [0.25, 0.3) is 0 Å². The van der Waals surface area contributed by atoms with E-state index in [1.165, 1.54) is 5.56 Å². The number of pyridine rings is 1. The summed E-state index contributed by atoms with van der Waals surface area (Å²) in [5, 5.41) is 9.01. The molecule has 1 aliphatic rings. The van der Waals surface area contributed by atoms with Gasteiger partial charge in [0.1, 0.15) is 11.4 Å². The van der Waals surface area contributed by atoms with Crippen LogP contribution < -0.4 is 4.74 Å². The fourth-order valence-electron chi connectivity index (χ4n) is 2.54. The average Bonchev–Trinajstić information content (AvgIpc) is 2.53. The number of aromatic nitrogens is 1. The summed E-state index contributed by atoms with van der Waals surface area (Å²) in [6.07, 6.45) is 2.66. The highest BCUT2D eigenvalue weighted by molar-refractivity contribution is 5.49. The molecule has 0 radical (unpaired) electrons. The highest BCUT2D eigenvalue weighted by atomic mass is 16.5. The molecule has 0 atom stereocenters. The molecule has 1 aliphatic heterocycles. The van der Waals surface area contributed by atoms with Crippen LogP contribution in [0.5, 0.6) is 5.75 Å². The van der Waals surface area contributed by atoms with Gasteiger partial charge in [-0.25, -0.2) is 4.98 Å². The predicted octanol–water partition coefficient (Wildman–Crippen LogP) is 3.03. The van der Waals surface area contributed by atoms with Crippen molar-refractivity contribution in [2.24, 2.45) is 0 Å². The molecule has 1 N–H and O–H groups in total. The van der Waals surface area contributed by atoms with Gasteiger partial charge in [-0.3, -0.25) is 0 Å². The van der Waals surface area contributed by atoms with Crippen molar-refractivity contribution in [1.82, 2.24) is 4.98 Å².